The molecule has 0 amide bonds. The van der Waals surface area contributed by atoms with E-state index in [1.807, 2.05) is 30.5 Å². The Bertz CT molecular complexity index is 402. The van der Waals surface area contributed by atoms with Crippen molar-refractivity contribution in [2.45, 2.75) is 45.4 Å². The molecule has 0 heterocycles. The third kappa shape index (κ3) is 7.35. The summed E-state index contributed by atoms with van der Waals surface area (Å²) in [6.07, 6.45) is 3.85. The monoisotopic (exact) mass is 294 g/mol. The highest BCUT2D eigenvalue weighted by Gasteiger charge is 2.21. The molecule has 4 heteroatoms. The van der Waals surface area contributed by atoms with Gasteiger partial charge in [0, 0.05) is 0 Å². The molecule has 19 heavy (non-hydrogen) atoms. The lowest BCUT2D eigenvalue weighted by Crippen LogP contribution is -2.27. The third-order valence-corrected chi connectivity index (χ3v) is 4.09. The van der Waals surface area contributed by atoms with Crippen LogP contribution in [0.2, 0.25) is 39.3 Å². The summed E-state index contributed by atoms with van der Waals surface area (Å²) in [5, 5.41) is 0. The largest absolute Gasteiger partial charge is 0.550 e. The summed E-state index contributed by atoms with van der Waals surface area (Å²) >= 11 is 0. The number of rotatable bonds is 6. The molecular weight excluding hydrogens is 268 g/mol. The fourth-order valence-electron chi connectivity index (χ4n) is 1.56. The van der Waals surface area contributed by atoms with Gasteiger partial charge < -0.3 is 8.85 Å². The van der Waals surface area contributed by atoms with Crippen molar-refractivity contribution in [1.29, 1.82) is 0 Å². The van der Waals surface area contributed by atoms with Crippen molar-refractivity contribution in [2.75, 3.05) is 0 Å². The van der Waals surface area contributed by atoms with Crippen molar-refractivity contribution in [2.24, 2.45) is 0 Å². The van der Waals surface area contributed by atoms with Crippen molar-refractivity contribution < 1.29 is 8.85 Å². The quantitative estimate of drug-likeness (QED) is 0.546. The molecule has 1 atom stereocenters. The molecule has 0 aliphatic rings. The van der Waals surface area contributed by atoms with Gasteiger partial charge in [0.15, 0.2) is 8.32 Å². The van der Waals surface area contributed by atoms with Gasteiger partial charge in [-0.05, 0) is 50.9 Å². The molecule has 0 saturated carbocycles. The smallest absolute Gasteiger partial charge is 0.241 e. The van der Waals surface area contributed by atoms with Gasteiger partial charge in [-0.15, -0.1) is 0 Å². The first kappa shape index (κ1) is 16.2. The van der Waals surface area contributed by atoms with E-state index in [9.17, 15) is 0 Å². The van der Waals surface area contributed by atoms with Gasteiger partial charge in [-0.2, -0.15) is 0 Å². The van der Waals surface area contributed by atoms with Crippen molar-refractivity contribution in [3.05, 3.63) is 48.2 Å². The van der Waals surface area contributed by atoms with Crippen LogP contribution >= 0.6 is 0 Å². The Balaban J connectivity index is 2.82. The first-order valence-electron chi connectivity index (χ1n) is 6.75. The van der Waals surface area contributed by atoms with Crippen LogP contribution in [0, 0.1) is 0 Å². The SMILES string of the molecule is C[Si](C)(C)O/C=C/C(O[Si](C)(C)C)c1ccccc1. The highest BCUT2D eigenvalue weighted by atomic mass is 28.4. The van der Waals surface area contributed by atoms with Crippen LogP contribution in [0.5, 0.6) is 0 Å². The van der Waals surface area contributed by atoms with Gasteiger partial charge >= 0.3 is 0 Å². The zero-order valence-corrected chi connectivity index (χ0v) is 14.9. The normalized spacial score (nSPS) is 14.6. The molecule has 0 radical (unpaired) electrons. The standard InChI is InChI=1S/C15H26O2Si2/c1-18(2,3)16-13-12-15(17-19(4,5)6)14-10-8-7-9-11-14/h7-13,15H,1-6H3/b13-12+. The average molecular weight is 295 g/mol. The van der Waals surface area contributed by atoms with Gasteiger partial charge in [0.25, 0.3) is 0 Å². The molecule has 0 aromatic heterocycles. The summed E-state index contributed by atoms with van der Waals surface area (Å²) < 4.78 is 12.0. The zero-order valence-electron chi connectivity index (χ0n) is 12.9. The predicted molar refractivity (Wildman–Crippen MR) is 87.2 cm³/mol. The Morgan fingerprint density at radius 2 is 1.47 bits per heavy atom. The van der Waals surface area contributed by atoms with Gasteiger partial charge in [0.1, 0.15) is 0 Å². The molecule has 0 fully saturated rings. The van der Waals surface area contributed by atoms with Crippen molar-refractivity contribution >= 4 is 16.6 Å². The second-order valence-corrected chi connectivity index (χ2v) is 15.5. The van der Waals surface area contributed by atoms with E-state index in [0.29, 0.717) is 0 Å². The van der Waals surface area contributed by atoms with E-state index >= 15 is 0 Å². The van der Waals surface area contributed by atoms with E-state index < -0.39 is 16.6 Å². The first-order valence-corrected chi connectivity index (χ1v) is 13.6. The summed E-state index contributed by atoms with van der Waals surface area (Å²) in [4.78, 5) is 0. The van der Waals surface area contributed by atoms with Crippen LogP contribution in [-0.2, 0) is 8.85 Å². The second-order valence-electron chi connectivity index (χ2n) is 6.62. The Labute approximate surface area is 119 Å². The van der Waals surface area contributed by atoms with E-state index in [0.717, 1.165) is 0 Å². The summed E-state index contributed by atoms with van der Waals surface area (Å²) in [6.45, 7) is 13.1. The minimum absolute atomic E-state index is 0.00998. The molecule has 0 bridgehead atoms. The van der Waals surface area contributed by atoms with E-state index in [2.05, 4.69) is 51.4 Å². The Morgan fingerprint density at radius 1 is 0.895 bits per heavy atom. The average Bonchev–Trinajstić information content (AvgIpc) is 2.25. The van der Waals surface area contributed by atoms with Crippen molar-refractivity contribution in [3.8, 4) is 0 Å². The molecule has 0 saturated heterocycles. The van der Waals surface area contributed by atoms with Crippen LogP contribution < -0.4 is 0 Å². The Kier molecular flexibility index (Phi) is 5.58. The summed E-state index contributed by atoms with van der Waals surface area (Å²) in [5.74, 6) is 0. The van der Waals surface area contributed by atoms with Gasteiger partial charge in [-0.25, -0.2) is 0 Å². The van der Waals surface area contributed by atoms with Gasteiger partial charge in [0.05, 0.1) is 12.4 Å². The lowest BCUT2D eigenvalue weighted by atomic mass is 10.1. The molecule has 1 unspecified atom stereocenters. The zero-order chi connectivity index (χ0) is 14.5. The Hall–Kier alpha value is -0.846. The minimum Gasteiger partial charge on any atom is -0.550 e. The van der Waals surface area contributed by atoms with E-state index in [-0.39, 0.29) is 6.10 Å². The maximum Gasteiger partial charge on any atom is 0.241 e. The minimum atomic E-state index is -1.59. The molecular formula is C15H26O2Si2. The fourth-order valence-corrected chi connectivity index (χ4v) is 3.02. The van der Waals surface area contributed by atoms with Crippen LogP contribution in [0.3, 0.4) is 0 Å². The van der Waals surface area contributed by atoms with Crippen molar-refractivity contribution in [3.63, 3.8) is 0 Å². The number of hydrogen-bond donors (Lipinski definition) is 0. The lowest BCUT2D eigenvalue weighted by molar-refractivity contribution is 0.244. The first-order chi connectivity index (χ1) is 8.67. The molecule has 106 valence electrons. The fraction of sp³-hybridized carbons (Fsp3) is 0.467. The molecule has 0 aliphatic carbocycles. The van der Waals surface area contributed by atoms with Crippen molar-refractivity contribution in [1.82, 2.24) is 0 Å². The lowest BCUT2D eigenvalue weighted by Gasteiger charge is -2.25. The third-order valence-electron chi connectivity index (χ3n) is 2.28. The van der Waals surface area contributed by atoms with E-state index in [1.54, 1.807) is 0 Å². The van der Waals surface area contributed by atoms with Crippen LogP contribution in [0.25, 0.3) is 0 Å². The van der Waals surface area contributed by atoms with E-state index in [4.69, 9.17) is 8.85 Å². The van der Waals surface area contributed by atoms with E-state index in [1.165, 1.54) is 5.56 Å². The molecule has 2 nitrogen and oxygen atoms in total. The summed E-state index contributed by atoms with van der Waals surface area (Å²) in [6, 6.07) is 10.3. The molecule has 0 aliphatic heterocycles. The second kappa shape index (κ2) is 6.54. The summed E-state index contributed by atoms with van der Waals surface area (Å²) in [5.41, 5.74) is 1.18. The topological polar surface area (TPSA) is 18.5 Å². The van der Waals surface area contributed by atoms with Gasteiger partial charge in [-0.1, -0.05) is 30.3 Å². The molecule has 0 N–H and O–H groups in total. The molecule has 1 aromatic rings. The number of benzene rings is 1. The predicted octanol–water partition coefficient (Wildman–Crippen LogP) is 4.94. The summed E-state index contributed by atoms with van der Waals surface area (Å²) in [7, 11) is -3.11. The van der Waals surface area contributed by atoms with Gasteiger partial charge in [0.2, 0.25) is 8.32 Å². The highest BCUT2D eigenvalue weighted by Crippen LogP contribution is 2.23. The van der Waals surface area contributed by atoms with Gasteiger partial charge in [-0.3, -0.25) is 0 Å². The maximum absolute atomic E-state index is 6.23. The van der Waals surface area contributed by atoms with Crippen LogP contribution in [0.1, 0.15) is 11.7 Å². The Morgan fingerprint density at radius 3 is 1.95 bits per heavy atom. The van der Waals surface area contributed by atoms with Crippen LogP contribution in [-0.4, -0.2) is 16.6 Å². The highest BCUT2D eigenvalue weighted by molar-refractivity contribution is 6.70. The van der Waals surface area contributed by atoms with Crippen LogP contribution in [0.4, 0.5) is 0 Å². The number of hydrogen-bond acceptors (Lipinski definition) is 2. The molecule has 1 rings (SSSR count). The maximum atomic E-state index is 6.23. The molecule has 1 aromatic carbocycles. The molecule has 0 spiro atoms. The van der Waals surface area contributed by atoms with Crippen LogP contribution in [0.15, 0.2) is 42.7 Å².